The van der Waals surface area contributed by atoms with Crippen LogP contribution in [-0.2, 0) is 0 Å². The van der Waals surface area contributed by atoms with E-state index in [1.54, 1.807) is 18.3 Å². The van der Waals surface area contributed by atoms with Crippen LogP contribution in [0.1, 0.15) is 37.7 Å². The van der Waals surface area contributed by atoms with Crippen molar-refractivity contribution < 1.29 is 5.11 Å². The first kappa shape index (κ1) is 15.7. The van der Waals surface area contributed by atoms with Gasteiger partial charge in [-0.15, -0.1) is 23.7 Å². The fraction of sp³-hybridized carbons (Fsp3) is 0.467. The highest BCUT2D eigenvalue weighted by atomic mass is 35.5. The quantitative estimate of drug-likeness (QED) is 0.754. The molecule has 1 fully saturated rings. The van der Waals surface area contributed by atoms with Gasteiger partial charge in [-0.2, -0.15) is 0 Å². The molecule has 2 N–H and O–H groups in total. The highest BCUT2D eigenvalue weighted by Crippen LogP contribution is 2.35. The van der Waals surface area contributed by atoms with Crippen molar-refractivity contribution in [3.8, 4) is 0 Å². The highest BCUT2D eigenvalue weighted by Gasteiger charge is 2.25. The van der Waals surface area contributed by atoms with Crippen molar-refractivity contribution >= 4 is 45.0 Å². The molecule has 0 radical (unpaired) electrons. The number of nitrogens with zero attached hydrogens (tertiary/aromatic N) is 3. The SMILES string of the molecule is C[C@@H](O)c1nc2cnc3ccsc3c2n1C1CCNCC1.Cl. The summed E-state index contributed by atoms with van der Waals surface area (Å²) >= 11 is 1.70. The minimum absolute atomic E-state index is 0. The van der Waals surface area contributed by atoms with Gasteiger partial charge in [-0.25, -0.2) is 4.98 Å². The lowest BCUT2D eigenvalue weighted by Gasteiger charge is -2.27. The zero-order valence-corrected chi connectivity index (χ0v) is 14.0. The normalized spacial score (nSPS) is 17.7. The van der Waals surface area contributed by atoms with E-state index in [0.717, 1.165) is 48.3 Å². The Morgan fingerprint density at radius 1 is 1.36 bits per heavy atom. The molecular formula is C15H19ClN4OS. The standard InChI is InChI=1S/C15H18N4OS.ClH/c1-9(20)15-18-12-8-17-11-4-7-21-14(11)13(12)19(15)10-2-5-16-6-3-10;/h4,7-10,16,20H,2-3,5-6H2,1H3;1H/t9-;/m1./s1. The Morgan fingerprint density at radius 2 is 2.14 bits per heavy atom. The monoisotopic (exact) mass is 338 g/mol. The van der Waals surface area contributed by atoms with E-state index in [9.17, 15) is 5.11 Å². The second-order valence-electron chi connectivity index (χ2n) is 5.62. The van der Waals surface area contributed by atoms with Gasteiger partial charge in [0.2, 0.25) is 0 Å². The molecule has 0 unspecified atom stereocenters. The number of pyridine rings is 1. The van der Waals surface area contributed by atoms with Gasteiger partial charge in [-0.05, 0) is 44.3 Å². The number of imidazole rings is 1. The van der Waals surface area contributed by atoms with Crippen molar-refractivity contribution in [2.24, 2.45) is 0 Å². The number of hydrogen-bond acceptors (Lipinski definition) is 5. The van der Waals surface area contributed by atoms with Gasteiger partial charge in [0.05, 0.1) is 21.9 Å². The van der Waals surface area contributed by atoms with Gasteiger partial charge in [0.15, 0.2) is 0 Å². The first-order valence-corrected chi connectivity index (χ1v) is 8.26. The smallest absolute Gasteiger partial charge is 0.138 e. The summed E-state index contributed by atoms with van der Waals surface area (Å²) in [6, 6.07) is 2.44. The number of aliphatic hydroxyl groups excluding tert-OH is 1. The largest absolute Gasteiger partial charge is 0.385 e. The van der Waals surface area contributed by atoms with Crippen LogP contribution < -0.4 is 5.32 Å². The molecule has 1 atom stereocenters. The fourth-order valence-corrected chi connectivity index (χ4v) is 4.11. The van der Waals surface area contributed by atoms with Gasteiger partial charge in [0.1, 0.15) is 17.4 Å². The van der Waals surface area contributed by atoms with E-state index < -0.39 is 6.10 Å². The highest BCUT2D eigenvalue weighted by molar-refractivity contribution is 7.18. The molecule has 4 heterocycles. The molecule has 1 saturated heterocycles. The molecule has 0 aromatic carbocycles. The first-order valence-electron chi connectivity index (χ1n) is 7.38. The summed E-state index contributed by atoms with van der Waals surface area (Å²) in [6.07, 6.45) is 3.40. The number of nitrogens with one attached hydrogen (secondary N) is 1. The summed E-state index contributed by atoms with van der Waals surface area (Å²) in [6.45, 7) is 3.82. The van der Waals surface area contributed by atoms with Crippen LogP contribution in [0, 0.1) is 0 Å². The Morgan fingerprint density at radius 3 is 2.86 bits per heavy atom. The molecule has 3 aromatic heterocycles. The van der Waals surface area contributed by atoms with Crippen molar-refractivity contribution in [2.45, 2.75) is 31.9 Å². The number of thiophene rings is 1. The van der Waals surface area contributed by atoms with Crippen LogP contribution in [0.3, 0.4) is 0 Å². The van der Waals surface area contributed by atoms with Crippen LogP contribution in [0.25, 0.3) is 21.3 Å². The van der Waals surface area contributed by atoms with Gasteiger partial charge in [-0.1, -0.05) is 0 Å². The number of aliphatic hydroxyl groups is 1. The van der Waals surface area contributed by atoms with Crippen molar-refractivity contribution in [1.29, 1.82) is 0 Å². The number of aromatic nitrogens is 3. The average molecular weight is 339 g/mol. The lowest BCUT2D eigenvalue weighted by Crippen LogP contribution is -2.30. The molecule has 4 rings (SSSR count). The third kappa shape index (κ3) is 2.40. The van der Waals surface area contributed by atoms with Crippen LogP contribution in [0.2, 0.25) is 0 Å². The molecule has 0 spiro atoms. The van der Waals surface area contributed by atoms with Gasteiger partial charge in [-0.3, -0.25) is 4.98 Å². The van der Waals surface area contributed by atoms with Gasteiger partial charge in [0, 0.05) is 6.04 Å². The van der Waals surface area contributed by atoms with Crippen LogP contribution in [0.15, 0.2) is 17.6 Å². The van der Waals surface area contributed by atoms with E-state index in [-0.39, 0.29) is 12.4 Å². The molecule has 22 heavy (non-hydrogen) atoms. The van der Waals surface area contributed by atoms with Crippen LogP contribution in [-0.4, -0.2) is 32.7 Å². The predicted molar refractivity (Wildman–Crippen MR) is 91.9 cm³/mol. The Bertz CT molecular complexity index is 791. The Hall–Kier alpha value is -1.21. The molecular weight excluding hydrogens is 320 g/mol. The summed E-state index contributed by atoms with van der Waals surface area (Å²) in [5.74, 6) is 0.764. The molecule has 118 valence electrons. The van der Waals surface area contributed by atoms with Gasteiger partial charge >= 0.3 is 0 Å². The van der Waals surface area contributed by atoms with Crippen LogP contribution >= 0.6 is 23.7 Å². The van der Waals surface area contributed by atoms with E-state index in [1.807, 2.05) is 12.3 Å². The number of fused-ring (bicyclic) bond motifs is 3. The maximum Gasteiger partial charge on any atom is 0.138 e. The molecule has 0 amide bonds. The van der Waals surface area contributed by atoms with E-state index in [4.69, 9.17) is 0 Å². The van der Waals surface area contributed by atoms with Gasteiger partial charge in [0.25, 0.3) is 0 Å². The van der Waals surface area contributed by atoms with E-state index >= 15 is 0 Å². The topological polar surface area (TPSA) is 63.0 Å². The van der Waals surface area contributed by atoms with E-state index in [1.165, 1.54) is 4.70 Å². The Kier molecular flexibility index (Phi) is 4.36. The van der Waals surface area contributed by atoms with E-state index in [0.29, 0.717) is 6.04 Å². The number of rotatable bonds is 2. The third-order valence-electron chi connectivity index (χ3n) is 4.20. The summed E-state index contributed by atoms with van der Waals surface area (Å²) in [4.78, 5) is 9.12. The number of piperidine rings is 1. The zero-order valence-electron chi connectivity index (χ0n) is 12.3. The fourth-order valence-electron chi connectivity index (χ4n) is 3.23. The Labute approximate surface area is 138 Å². The first-order chi connectivity index (χ1) is 10.3. The molecule has 0 bridgehead atoms. The van der Waals surface area contributed by atoms with Crippen LogP contribution in [0.5, 0.6) is 0 Å². The second-order valence-corrected chi connectivity index (χ2v) is 6.54. The number of hydrogen-bond donors (Lipinski definition) is 2. The maximum absolute atomic E-state index is 10.1. The Balaban J connectivity index is 0.00000144. The average Bonchev–Trinajstić information content (AvgIpc) is 3.11. The maximum atomic E-state index is 10.1. The lowest BCUT2D eigenvalue weighted by molar-refractivity contribution is 0.179. The molecule has 0 aliphatic carbocycles. The molecule has 5 nitrogen and oxygen atoms in total. The second kappa shape index (κ2) is 6.12. The molecule has 1 aliphatic rings. The lowest BCUT2D eigenvalue weighted by atomic mass is 10.1. The predicted octanol–water partition coefficient (Wildman–Crippen LogP) is 3.05. The van der Waals surface area contributed by atoms with E-state index in [2.05, 4.69) is 25.2 Å². The summed E-state index contributed by atoms with van der Waals surface area (Å²) in [7, 11) is 0. The van der Waals surface area contributed by atoms with Crippen molar-refractivity contribution in [3.63, 3.8) is 0 Å². The minimum Gasteiger partial charge on any atom is -0.385 e. The minimum atomic E-state index is -0.567. The van der Waals surface area contributed by atoms with Crippen molar-refractivity contribution in [2.75, 3.05) is 13.1 Å². The molecule has 7 heteroatoms. The molecule has 0 saturated carbocycles. The number of halogens is 1. The van der Waals surface area contributed by atoms with Crippen LogP contribution in [0.4, 0.5) is 0 Å². The summed E-state index contributed by atoms with van der Waals surface area (Å²) < 4.78 is 3.44. The van der Waals surface area contributed by atoms with Crippen molar-refractivity contribution in [1.82, 2.24) is 19.9 Å². The summed E-state index contributed by atoms with van der Waals surface area (Å²) in [5, 5.41) is 15.6. The molecule has 3 aromatic rings. The zero-order chi connectivity index (χ0) is 14.4. The van der Waals surface area contributed by atoms with Gasteiger partial charge < -0.3 is 15.0 Å². The summed E-state index contributed by atoms with van der Waals surface area (Å²) in [5.41, 5.74) is 3.04. The van der Waals surface area contributed by atoms with Crippen molar-refractivity contribution in [3.05, 3.63) is 23.5 Å². The molecule has 1 aliphatic heterocycles. The third-order valence-corrected chi connectivity index (χ3v) is 5.11.